The Morgan fingerprint density at radius 1 is 1.21 bits per heavy atom. The predicted octanol–water partition coefficient (Wildman–Crippen LogP) is 4.09. The van der Waals surface area contributed by atoms with Crippen LogP contribution >= 0.6 is 11.6 Å². The Labute approximate surface area is 202 Å². The van der Waals surface area contributed by atoms with Gasteiger partial charge in [-0.15, -0.1) is 6.42 Å². The molecule has 0 bridgehead atoms. The van der Waals surface area contributed by atoms with E-state index in [1.54, 1.807) is 35.2 Å². The molecule has 0 saturated carbocycles. The highest BCUT2D eigenvalue weighted by molar-refractivity contribution is 6.31. The second kappa shape index (κ2) is 7.80. The second-order valence-corrected chi connectivity index (χ2v) is 9.01. The van der Waals surface area contributed by atoms with Crippen LogP contribution in [0.1, 0.15) is 30.4 Å². The van der Waals surface area contributed by atoms with Crippen molar-refractivity contribution in [1.82, 2.24) is 0 Å². The number of carbonyl (C=O) groups is 2. The largest absolute Gasteiger partial charge is 0.384 e. The van der Waals surface area contributed by atoms with Crippen LogP contribution in [0.15, 0.2) is 65.1 Å². The smallest absolute Gasteiger partial charge is 0.248 e. The maximum absolute atomic E-state index is 14.1. The third-order valence-electron chi connectivity index (χ3n) is 6.84. The normalized spacial score (nSPS) is 21.5. The van der Waals surface area contributed by atoms with Gasteiger partial charge in [-0.2, -0.15) is 5.26 Å². The van der Waals surface area contributed by atoms with Crippen LogP contribution in [0, 0.1) is 30.6 Å². The summed E-state index contributed by atoms with van der Waals surface area (Å²) in [7, 11) is 0. The number of nitrogens with two attached hydrogens (primary N) is 1. The molecule has 2 aromatic carbocycles. The number of hydrogen-bond donors (Lipinski definition) is 1. The van der Waals surface area contributed by atoms with E-state index in [-0.39, 0.29) is 30.1 Å². The summed E-state index contributed by atoms with van der Waals surface area (Å²) in [5, 5.41) is 10.9. The maximum Gasteiger partial charge on any atom is 0.248 e. The number of amides is 1. The van der Waals surface area contributed by atoms with Crippen molar-refractivity contribution in [2.24, 2.45) is 5.73 Å². The second-order valence-electron chi connectivity index (χ2n) is 8.60. The molecule has 1 aliphatic carbocycles. The Bertz CT molecular complexity index is 1420. The summed E-state index contributed by atoms with van der Waals surface area (Å²) < 4.78 is 0. The highest BCUT2D eigenvalue weighted by Crippen LogP contribution is 2.56. The molecule has 0 fully saturated rings. The first kappa shape index (κ1) is 21.8. The zero-order chi connectivity index (χ0) is 24.2. The third-order valence-corrected chi connectivity index (χ3v) is 7.25. The molecule has 2 N–H and O–H groups in total. The van der Waals surface area contributed by atoms with Crippen molar-refractivity contribution in [3.8, 4) is 18.4 Å². The minimum atomic E-state index is -1.62. The average Bonchev–Trinajstić information content (AvgIpc) is 3.06. The number of terminal acetylenes is 1. The van der Waals surface area contributed by atoms with Crippen LogP contribution in [0.4, 0.5) is 11.4 Å². The van der Waals surface area contributed by atoms with E-state index in [1.807, 2.05) is 19.1 Å². The van der Waals surface area contributed by atoms with Gasteiger partial charge in [0.2, 0.25) is 5.91 Å². The van der Waals surface area contributed by atoms with Crippen molar-refractivity contribution in [1.29, 1.82) is 5.26 Å². The standard InChI is InChI=1S/C27H21ClN4O2/c1-3-13-31-21-8-5-4-7-18(21)27(26(31)34)19(15-29)25(30)32(17-12-11-16(2)20(28)14-17)22-9-6-10-23(33)24(22)27/h1,4-5,7-8,11-12,14H,6,9-10,13,30H2,2H3. The molecule has 0 saturated heterocycles. The molecule has 1 unspecified atom stereocenters. The number of nitriles is 1. The maximum atomic E-state index is 14.1. The fourth-order valence-electron chi connectivity index (χ4n) is 5.39. The molecule has 2 heterocycles. The third kappa shape index (κ3) is 2.70. The summed E-state index contributed by atoms with van der Waals surface area (Å²) in [6, 6.07) is 14.8. The molecule has 1 spiro atoms. The fourth-order valence-corrected chi connectivity index (χ4v) is 5.57. The minimum Gasteiger partial charge on any atom is -0.384 e. The first-order valence-corrected chi connectivity index (χ1v) is 11.3. The van der Waals surface area contributed by atoms with Crippen molar-refractivity contribution < 1.29 is 9.59 Å². The van der Waals surface area contributed by atoms with Crippen molar-refractivity contribution in [2.75, 3.05) is 16.3 Å². The quantitative estimate of drug-likeness (QED) is 0.670. The molecule has 34 heavy (non-hydrogen) atoms. The minimum absolute atomic E-state index is 0.0182. The monoisotopic (exact) mass is 468 g/mol. The number of para-hydroxylation sites is 1. The Morgan fingerprint density at radius 2 is 1.97 bits per heavy atom. The molecule has 1 amide bonds. The Balaban J connectivity index is 1.88. The van der Waals surface area contributed by atoms with E-state index in [1.165, 1.54) is 4.90 Å². The highest BCUT2D eigenvalue weighted by atomic mass is 35.5. The van der Waals surface area contributed by atoms with Crippen molar-refractivity contribution in [2.45, 2.75) is 31.6 Å². The lowest BCUT2D eigenvalue weighted by atomic mass is 9.64. The molecule has 1 atom stereocenters. The summed E-state index contributed by atoms with van der Waals surface area (Å²) in [6.07, 6.45) is 7.00. The van der Waals surface area contributed by atoms with Crippen LogP contribution in [0.5, 0.6) is 0 Å². The van der Waals surface area contributed by atoms with Crippen molar-refractivity contribution in [3.05, 3.63) is 81.3 Å². The van der Waals surface area contributed by atoms with Gasteiger partial charge in [-0.1, -0.05) is 41.8 Å². The molecule has 0 aromatic heterocycles. The summed E-state index contributed by atoms with van der Waals surface area (Å²) in [4.78, 5) is 30.9. The van der Waals surface area contributed by atoms with Gasteiger partial charge in [0, 0.05) is 39.7 Å². The number of ketones is 1. The number of nitrogens with zero attached hydrogens (tertiary/aromatic N) is 3. The predicted molar refractivity (Wildman–Crippen MR) is 131 cm³/mol. The van der Waals surface area contributed by atoms with Crippen LogP contribution in [0.2, 0.25) is 5.02 Å². The van der Waals surface area contributed by atoms with Crippen LogP contribution in [0.3, 0.4) is 0 Å². The molecule has 0 radical (unpaired) electrons. The lowest BCUT2D eigenvalue weighted by Crippen LogP contribution is -2.52. The number of fused-ring (bicyclic) bond motifs is 3. The SMILES string of the molecule is C#CCN1C(=O)C2(C(C#N)=C(N)N(c3ccc(C)c(Cl)c3)C3=C2C(=O)CCC3)c2ccccc21. The van der Waals surface area contributed by atoms with Crippen LogP contribution in [-0.2, 0) is 15.0 Å². The molecular formula is C27H21ClN4O2. The summed E-state index contributed by atoms with van der Waals surface area (Å²) in [5.41, 5.74) is 8.68. The summed E-state index contributed by atoms with van der Waals surface area (Å²) in [5.74, 6) is 2.05. The zero-order valence-electron chi connectivity index (χ0n) is 18.6. The van der Waals surface area contributed by atoms with Crippen molar-refractivity contribution >= 4 is 34.7 Å². The highest BCUT2D eigenvalue weighted by Gasteiger charge is 2.62. The number of benzene rings is 2. The number of anilines is 2. The number of halogens is 1. The van der Waals surface area contributed by atoms with Gasteiger partial charge in [-0.3, -0.25) is 19.4 Å². The molecule has 2 aromatic rings. The number of aryl methyl sites for hydroxylation is 1. The number of Topliss-reactive ketones (excluding diaryl/α,β-unsaturated/α-hetero) is 1. The van der Waals surface area contributed by atoms with E-state index in [4.69, 9.17) is 23.8 Å². The first-order valence-electron chi connectivity index (χ1n) is 11.0. The molecule has 168 valence electrons. The molecule has 5 rings (SSSR count). The van der Waals surface area contributed by atoms with Gasteiger partial charge in [0.05, 0.1) is 12.1 Å². The fraction of sp³-hybridized carbons (Fsp3) is 0.222. The molecule has 6 nitrogen and oxygen atoms in total. The van der Waals surface area contributed by atoms with E-state index >= 15 is 0 Å². The summed E-state index contributed by atoms with van der Waals surface area (Å²) in [6.45, 7) is 1.91. The van der Waals surface area contributed by atoms with Gasteiger partial charge in [-0.05, 0) is 43.5 Å². The molecule has 7 heteroatoms. The Hall–Kier alpha value is -4.00. The average molecular weight is 469 g/mol. The Morgan fingerprint density at radius 3 is 2.68 bits per heavy atom. The van der Waals surface area contributed by atoms with E-state index < -0.39 is 11.3 Å². The van der Waals surface area contributed by atoms with E-state index in [0.29, 0.717) is 46.1 Å². The molecular weight excluding hydrogens is 448 g/mol. The first-order chi connectivity index (χ1) is 16.4. The van der Waals surface area contributed by atoms with Gasteiger partial charge >= 0.3 is 0 Å². The van der Waals surface area contributed by atoms with Gasteiger partial charge in [0.1, 0.15) is 17.3 Å². The number of hydrogen-bond acceptors (Lipinski definition) is 5. The molecule has 3 aliphatic rings. The van der Waals surface area contributed by atoms with E-state index in [2.05, 4.69) is 12.0 Å². The van der Waals surface area contributed by atoms with Crippen molar-refractivity contribution in [3.63, 3.8) is 0 Å². The lowest BCUT2D eigenvalue weighted by molar-refractivity contribution is -0.124. The van der Waals surface area contributed by atoms with Crippen LogP contribution in [0.25, 0.3) is 0 Å². The van der Waals surface area contributed by atoms with Gasteiger partial charge in [0.15, 0.2) is 5.78 Å². The topological polar surface area (TPSA) is 90.4 Å². The van der Waals surface area contributed by atoms with Crippen LogP contribution < -0.4 is 15.5 Å². The molecule has 2 aliphatic heterocycles. The van der Waals surface area contributed by atoms with Crippen LogP contribution in [-0.4, -0.2) is 18.2 Å². The lowest BCUT2D eigenvalue weighted by Gasteiger charge is -2.43. The van der Waals surface area contributed by atoms with E-state index in [0.717, 1.165) is 5.56 Å². The zero-order valence-corrected chi connectivity index (χ0v) is 19.3. The van der Waals surface area contributed by atoms with Gasteiger partial charge < -0.3 is 5.73 Å². The van der Waals surface area contributed by atoms with Gasteiger partial charge in [0.25, 0.3) is 0 Å². The summed E-state index contributed by atoms with van der Waals surface area (Å²) >= 11 is 6.41. The number of carbonyl (C=O) groups excluding carboxylic acids is 2. The van der Waals surface area contributed by atoms with E-state index in [9.17, 15) is 14.9 Å². The number of rotatable bonds is 2. The number of allylic oxidation sites excluding steroid dienone is 1. The van der Waals surface area contributed by atoms with Gasteiger partial charge in [-0.25, -0.2) is 0 Å². The Kier molecular flexibility index (Phi) is 5.01.